The largest absolute Gasteiger partial charge is 0.339 e. The summed E-state index contributed by atoms with van der Waals surface area (Å²) >= 11 is 6.21. The molecule has 0 aliphatic carbocycles. The lowest BCUT2D eigenvalue weighted by Crippen LogP contribution is -2.24. The van der Waals surface area contributed by atoms with Gasteiger partial charge >= 0.3 is 0 Å². The molecule has 25 heavy (non-hydrogen) atoms. The molecule has 6 heteroatoms. The molecule has 1 saturated heterocycles. The van der Waals surface area contributed by atoms with Crippen molar-refractivity contribution in [1.29, 1.82) is 0 Å². The van der Waals surface area contributed by atoms with Crippen LogP contribution < -0.4 is 4.90 Å². The van der Waals surface area contributed by atoms with Crippen molar-refractivity contribution in [3.8, 4) is 11.4 Å². The molecule has 0 radical (unpaired) electrons. The summed E-state index contributed by atoms with van der Waals surface area (Å²) < 4.78 is 5.42. The summed E-state index contributed by atoms with van der Waals surface area (Å²) in [5.41, 5.74) is 2.78. The summed E-state index contributed by atoms with van der Waals surface area (Å²) in [6, 6.07) is 15.3. The molecule has 1 amide bonds. The van der Waals surface area contributed by atoms with Crippen LogP contribution in [-0.4, -0.2) is 22.6 Å². The average molecular weight is 354 g/mol. The molecule has 0 unspecified atom stereocenters. The smallest absolute Gasteiger partial charge is 0.232 e. The van der Waals surface area contributed by atoms with Crippen LogP contribution in [0.1, 0.15) is 23.8 Å². The molecule has 3 aromatic rings. The van der Waals surface area contributed by atoms with E-state index in [0.29, 0.717) is 29.7 Å². The highest BCUT2D eigenvalue weighted by atomic mass is 35.5. The van der Waals surface area contributed by atoms with E-state index in [1.165, 1.54) is 5.56 Å². The fourth-order valence-electron chi connectivity index (χ4n) is 3.00. The summed E-state index contributed by atoms with van der Waals surface area (Å²) in [6.07, 6.45) is 0.334. The Kier molecular flexibility index (Phi) is 4.01. The number of para-hydroxylation sites is 1. The predicted molar refractivity (Wildman–Crippen MR) is 95.6 cm³/mol. The number of aryl methyl sites for hydroxylation is 1. The van der Waals surface area contributed by atoms with Crippen LogP contribution in [0.4, 0.5) is 5.69 Å². The number of rotatable bonds is 3. The Morgan fingerprint density at radius 3 is 2.68 bits per heavy atom. The molecule has 0 bridgehead atoms. The Morgan fingerprint density at radius 1 is 1.16 bits per heavy atom. The van der Waals surface area contributed by atoms with Crippen LogP contribution >= 0.6 is 11.6 Å². The Bertz CT molecular complexity index is 920. The van der Waals surface area contributed by atoms with Crippen molar-refractivity contribution in [2.75, 3.05) is 11.4 Å². The number of halogens is 1. The molecule has 1 atom stereocenters. The fraction of sp³-hybridized carbons (Fsp3) is 0.211. The molecule has 0 N–H and O–H groups in total. The molecule has 4 rings (SSSR count). The summed E-state index contributed by atoms with van der Waals surface area (Å²) in [6.45, 7) is 2.51. The van der Waals surface area contributed by atoms with Crippen molar-refractivity contribution in [1.82, 2.24) is 10.1 Å². The van der Waals surface area contributed by atoms with Crippen LogP contribution in [0, 0.1) is 6.92 Å². The lowest BCUT2D eigenvalue weighted by molar-refractivity contribution is -0.117. The Balaban J connectivity index is 1.57. The van der Waals surface area contributed by atoms with E-state index >= 15 is 0 Å². The normalized spacial score (nSPS) is 17.3. The molecule has 5 nitrogen and oxygen atoms in total. The monoisotopic (exact) mass is 353 g/mol. The molecule has 0 spiro atoms. The molecule has 1 aliphatic rings. The first kappa shape index (κ1) is 15.8. The van der Waals surface area contributed by atoms with Crippen molar-refractivity contribution < 1.29 is 9.32 Å². The number of amides is 1. The minimum atomic E-state index is -0.129. The minimum absolute atomic E-state index is 0.00758. The Labute approximate surface area is 150 Å². The van der Waals surface area contributed by atoms with Gasteiger partial charge < -0.3 is 9.42 Å². The Morgan fingerprint density at radius 2 is 1.92 bits per heavy atom. The first-order valence-corrected chi connectivity index (χ1v) is 8.45. The van der Waals surface area contributed by atoms with Crippen LogP contribution in [0.2, 0.25) is 5.02 Å². The van der Waals surface area contributed by atoms with Gasteiger partial charge in [0.05, 0.1) is 16.6 Å². The van der Waals surface area contributed by atoms with Crippen LogP contribution in [-0.2, 0) is 4.79 Å². The maximum absolute atomic E-state index is 12.4. The summed E-state index contributed by atoms with van der Waals surface area (Å²) in [7, 11) is 0. The van der Waals surface area contributed by atoms with Gasteiger partial charge in [0.1, 0.15) is 0 Å². The second kappa shape index (κ2) is 6.33. The van der Waals surface area contributed by atoms with Gasteiger partial charge in [0.2, 0.25) is 17.6 Å². The van der Waals surface area contributed by atoms with Gasteiger partial charge in [-0.05, 0) is 19.1 Å². The van der Waals surface area contributed by atoms with Crippen molar-refractivity contribution in [3.05, 3.63) is 65.0 Å². The minimum Gasteiger partial charge on any atom is -0.339 e. The SMILES string of the molecule is Cc1ccc(-c2noc([C@@H]3CC(=O)N(c4ccccc4Cl)C3)n2)cc1. The van der Waals surface area contributed by atoms with Crippen molar-refractivity contribution in [2.24, 2.45) is 0 Å². The highest BCUT2D eigenvalue weighted by Crippen LogP contribution is 2.35. The number of carbonyl (C=O) groups excluding carboxylic acids is 1. The fourth-order valence-corrected chi connectivity index (χ4v) is 3.24. The third kappa shape index (κ3) is 3.03. The molecule has 1 fully saturated rings. The van der Waals surface area contributed by atoms with Crippen LogP contribution in [0.5, 0.6) is 0 Å². The van der Waals surface area contributed by atoms with Crippen LogP contribution in [0.25, 0.3) is 11.4 Å². The molecular formula is C19H16ClN3O2. The molecule has 2 heterocycles. The molecule has 126 valence electrons. The lowest BCUT2D eigenvalue weighted by atomic mass is 10.1. The zero-order valence-electron chi connectivity index (χ0n) is 13.6. The Hall–Kier alpha value is -2.66. The van der Waals surface area contributed by atoms with Crippen molar-refractivity contribution in [3.63, 3.8) is 0 Å². The highest BCUT2D eigenvalue weighted by molar-refractivity contribution is 6.33. The van der Waals surface area contributed by atoms with Crippen molar-refractivity contribution >= 4 is 23.2 Å². The third-order valence-corrected chi connectivity index (χ3v) is 4.69. The van der Waals surface area contributed by atoms with Crippen LogP contribution in [0.15, 0.2) is 53.1 Å². The zero-order valence-corrected chi connectivity index (χ0v) is 14.4. The molecule has 1 aromatic heterocycles. The maximum atomic E-state index is 12.4. The molecule has 0 saturated carbocycles. The summed E-state index contributed by atoms with van der Waals surface area (Å²) in [4.78, 5) is 18.6. The zero-order chi connectivity index (χ0) is 17.4. The van der Waals surface area contributed by atoms with E-state index in [1.54, 1.807) is 11.0 Å². The number of carbonyl (C=O) groups is 1. The number of benzene rings is 2. The van der Waals surface area contributed by atoms with E-state index in [2.05, 4.69) is 10.1 Å². The van der Waals surface area contributed by atoms with E-state index in [-0.39, 0.29) is 11.8 Å². The van der Waals surface area contributed by atoms with Gasteiger partial charge in [-0.3, -0.25) is 4.79 Å². The van der Waals surface area contributed by atoms with Gasteiger partial charge in [-0.15, -0.1) is 0 Å². The topological polar surface area (TPSA) is 59.2 Å². The van der Waals surface area contributed by atoms with Gasteiger partial charge in [-0.25, -0.2) is 0 Å². The summed E-state index contributed by atoms with van der Waals surface area (Å²) in [5.74, 6) is 0.903. The quantitative estimate of drug-likeness (QED) is 0.707. The van der Waals surface area contributed by atoms with E-state index < -0.39 is 0 Å². The number of nitrogens with zero attached hydrogens (tertiary/aromatic N) is 3. The van der Waals surface area contributed by atoms with E-state index in [0.717, 1.165) is 11.3 Å². The van der Waals surface area contributed by atoms with Crippen molar-refractivity contribution in [2.45, 2.75) is 19.3 Å². The van der Waals surface area contributed by atoms with E-state index in [4.69, 9.17) is 16.1 Å². The second-order valence-corrected chi connectivity index (χ2v) is 6.59. The van der Waals surface area contributed by atoms with E-state index in [1.807, 2.05) is 49.4 Å². The number of hydrogen-bond acceptors (Lipinski definition) is 4. The molecule has 2 aromatic carbocycles. The van der Waals surface area contributed by atoms with Gasteiger partial charge in [0.15, 0.2) is 0 Å². The lowest BCUT2D eigenvalue weighted by Gasteiger charge is -2.17. The highest BCUT2D eigenvalue weighted by Gasteiger charge is 2.35. The van der Waals surface area contributed by atoms with Gasteiger partial charge in [0.25, 0.3) is 0 Å². The van der Waals surface area contributed by atoms with Gasteiger partial charge in [0, 0.05) is 18.5 Å². The summed E-state index contributed by atoms with van der Waals surface area (Å²) in [5, 5.41) is 4.62. The van der Waals surface area contributed by atoms with Gasteiger partial charge in [-0.1, -0.05) is 58.7 Å². The number of anilines is 1. The third-order valence-electron chi connectivity index (χ3n) is 4.37. The van der Waals surface area contributed by atoms with E-state index in [9.17, 15) is 4.79 Å². The standard InChI is InChI=1S/C19H16ClN3O2/c1-12-6-8-13(9-7-12)18-21-19(25-22-18)14-10-17(24)23(11-14)16-5-3-2-4-15(16)20/h2-9,14H,10-11H2,1H3/t14-/m1/s1. The first-order chi connectivity index (χ1) is 12.1. The van der Waals surface area contributed by atoms with Crippen LogP contribution in [0.3, 0.4) is 0 Å². The van der Waals surface area contributed by atoms with Gasteiger partial charge in [-0.2, -0.15) is 4.98 Å². The molecule has 1 aliphatic heterocycles. The maximum Gasteiger partial charge on any atom is 0.232 e. The number of hydrogen-bond donors (Lipinski definition) is 0. The average Bonchev–Trinajstić information content (AvgIpc) is 3.23. The second-order valence-electron chi connectivity index (χ2n) is 6.18. The molecular weight excluding hydrogens is 338 g/mol. The number of aromatic nitrogens is 2. The first-order valence-electron chi connectivity index (χ1n) is 8.07. The predicted octanol–water partition coefficient (Wildman–Crippen LogP) is 4.22.